The van der Waals surface area contributed by atoms with Gasteiger partial charge in [-0.05, 0) is 19.4 Å². The summed E-state index contributed by atoms with van der Waals surface area (Å²) in [7, 11) is 1.35. The van der Waals surface area contributed by atoms with Crippen molar-refractivity contribution in [2.24, 2.45) is 0 Å². The van der Waals surface area contributed by atoms with E-state index >= 15 is 0 Å². The summed E-state index contributed by atoms with van der Waals surface area (Å²) in [4.78, 5) is 12.0. The van der Waals surface area contributed by atoms with Gasteiger partial charge in [-0.1, -0.05) is 0 Å². The molecule has 1 rings (SSSR count). The van der Waals surface area contributed by atoms with Gasteiger partial charge in [-0.2, -0.15) is 0 Å². The van der Waals surface area contributed by atoms with Gasteiger partial charge < -0.3 is 9.84 Å². The van der Waals surface area contributed by atoms with Crippen LogP contribution in [0, 0.1) is 6.92 Å². The maximum Gasteiger partial charge on any atom is 0.338 e. The quantitative estimate of drug-likeness (QED) is 0.742. The Morgan fingerprint density at radius 1 is 1.69 bits per heavy atom. The summed E-state index contributed by atoms with van der Waals surface area (Å²) in [6.07, 6.45) is -0.525. The minimum Gasteiger partial charge on any atom is -0.465 e. The Morgan fingerprint density at radius 3 is 2.69 bits per heavy atom. The number of rotatable bonds is 2. The Morgan fingerprint density at radius 2 is 2.31 bits per heavy atom. The van der Waals surface area contributed by atoms with Gasteiger partial charge >= 0.3 is 5.97 Å². The number of aliphatic hydroxyl groups excluding tert-OH is 1. The smallest absolute Gasteiger partial charge is 0.338 e. The molecular formula is C9H12O3S. The lowest BCUT2D eigenvalue weighted by molar-refractivity contribution is 0.0600. The number of hydrogen-bond donors (Lipinski definition) is 1. The van der Waals surface area contributed by atoms with Gasteiger partial charge in [-0.15, -0.1) is 11.3 Å². The topological polar surface area (TPSA) is 46.5 Å². The molecule has 4 heteroatoms. The number of thiophene rings is 1. The maximum absolute atomic E-state index is 11.2. The number of ether oxygens (including phenoxy) is 1. The second-order valence-electron chi connectivity index (χ2n) is 2.81. The van der Waals surface area contributed by atoms with Crippen LogP contribution in [0.3, 0.4) is 0 Å². The summed E-state index contributed by atoms with van der Waals surface area (Å²) >= 11 is 1.38. The summed E-state index contributed by atoms with van der Waals surface area (Å²) in [6.45, 7) is 3.49. The lowest BCUT2D eigenvalue weighted by Crippen LogP contribution is -2.02. The molecule has 1 aromatic heterocycles. The molecule has 0 fully saturated rings. The van der Waals surface area contributed by atoms with E-state index in [1.807, 2.05) is 6.92 Å². The SMILES string of the molecule is COC(=O)c1csc(C(C)O)c1C. The highest BCUT2D eigenvalue weighted by Crippen LogP contribution is 2.27. The van der Waals surface area contributed by atoms with E-state index in [2.05, 4.69) is 4.74 Å². The molecule has 1 unspecified atom stereocenters. The van der Waals surface area contributed by atoms with Crippen LogP contribution in [0.25, 0.3) is 0 Å². The molecule has 0 saturated carbocycles. The summed E-state index contributed by atoms with van der Waals surface area (Å²) in [5.41, 5.74) is 1.36. The van der Waals surface area contributed by atoms with Crippen LogP contribution in [-0.2, 0) is 4.74 Å². The second kappa shape index (κ2) is 3.89. The van der Waals surface area contributed by atoms with Crippen LogP contribution in [-0.4, -0.2) is 18.2 Å². The lowest BCUT2D eigenvalue weighted by atomic mass is 10.1. The minimum atomic E-state index is -0.525. The fraction of sp³-hybridized carbons (Fsp3) is 0.444. The van der Waals surface area contributed by atoms with Crippen LogP contribution in [0.4, 0.5) is 0 Å². The average Bonchev–Trinajstić information content (AvgIpc) is 2.46. The molecule has 0 saturated heterocycles. The van der Waals surface area contributed by atoms with Crippen molar-refractivity contribution in [1.82, 2.24) is 0 Å². The molecular weight excluding hydrogens is 188 g/mol. The Hall–Kier alpha value is -0.870. The number of hydrogen-bond acceptors (Lipinski definition) is 4. The van der Waals surface area contributed by atoms with Crippen LogP contribution >= 0.6 is 11.3 Å². The van der Waals surface area contributed by atoms with Crippen LogP contribution in [0.15, 0.2) is 5.38 Å². The molecule has 13 heavy (non-hydrogen) atoms. The molecule has 0 aromatic carbocycles. The predicted octanol–water partition coefficient (Wildman–Crippen LogP) is 1.90. The lowest BCUT2D eigenvalue weighted by Gasteiger charge is -2.02. The first-order valence-electron chi connectivity index (χ1n) is 3.92. The van der Waals surface area contributed by atoms with E-state index in [-0.39, 0.29) is 5.97 Å². The Kier molecular flexibility index (Phi) is 3.06. The number of esters is 1. The van der Waals surface area contributed by atoms with Gasteiger partial charge in [0.25, 0.3) is 0 Å². The largest absolute Gasteiger partial charge is 0.465 e. The molecule has 3 nitrogen and oxygen atoms in total. The van der Waals surface area contributed by atoms with Gasteiger partial charge in [0.1, 0.15) is 0 Å². The van der Waals surface area contributed by atoms with Gasteiger partial charge in [0.2, 0.25) is 0 Å². The molecule has 0 amide bonds. The number of carbonyl (C=O) groups is 1. The molecule has 1 atom stereocenters. The third-order valence-electron chi connectivity index (χ3n) is 1.86. The highest BCUT2D eigenvalue weighted by molar-refractivity contribution is 7.10. The average molecular weight is 200 g/mol. The van der Waals surface area contributed by atoms with E-state index in [4.69, 9.17) is 0 Å². The highest BCUT2D eigenvalue weighted by atomic mass is 32.1. The molecule has 72 valence electrons. The standard InChI is InChI=1S/C9H12O3S/c1-5-7(9(11)12-3)4-13-8(5)6(2)10/h4,6,10H,1-3H3. The van der Waals surface area contributed by atoms with Crippen molar-refractivity contribution in [3.63, 3.8) is 0 Å². The van der Waals surface area contributed by atoms with Crippen LogP contribution in [0.1, 0.15) is 33.8 Å². The fourth-order valence-corrected chi connectivity index (χ4v) is 2.16. The molecule has 0 spiro atoms. The van der Waals surface area contributed by atoms with E-state index < -0.39 is 6.10 Å². The monoisotopic (exact) mass is 200 g/mol. The first-order valence-corrected chi connectivity index (χ1v) is 4.80. The van der Waals surface area contributed by atoms with Crippen LogP contribution < -0.4 is 0 Å². The zero-order valence-corrected chi connectivity index (χ0v) is 8.64. The second-order valence-corrected chi connectivity index (χ2v) is 3.72. The fourth-order valence-electron chi connectivity index (χ4n) is 1.15. The predicted molar refractivity (Wildman–Crippen MR) is 51.0 cm³/mol. The van der Waals surface area contributed by atoms with E-state index in [1.165, 1.54) is 18.4 Å². The van der Waals surface area contributed by atoms with Crippen molar-refractivity contribution in [2.75, 3.05) is 7.11 Å². The van der Waals surface area contributed by atoms with Gasteiger partial charge in [0, 0.05) is 10.3 Å². The van der Waals surface area contributed by atoms with E-state index in [1.54, 1.807) is 12.3 Å². The molecule has 1 heterocycles. The Bertz CT molecular complexity index is 315. The first kappa shape index (κ1) is 10.2. The van der Waals surface area contributed by atoms with Crippen molar-refractivity contribution in [2.45, 2.75) is 20.0 Å². The third kappa shape index (κ3) is 1.89. The highest BCUT2D eigenvalue weighted by Gasteiger charge is 2.16. The van der Waals surface area contributed by atoms with Gasteiger partial charge in [-0.3, -0.25) is 0 Å². The molecule has 0 aliphatic carbocycles. The van der Waals surface area contributed by atoms with E-state index in [9.17, 15) is 9.90 Å². The van der Waals surface area contributed by atoms with Gasteiger partial charge in [0.15, 0.2) is 0 Å². The molecule has 1 aromatic rings. The zero-order valence-electron chi connectivity index (χ0n) is 7.83. The molecule has 0 radical (unpaired) electrons. The van der Waals surface area contributed by atoms with Crippen molar-refractivity contribution in [3.8, 4) is 0 Å². The Labute approximate surface area is 81.0 Å². The van der Waals surface area contributed by atoms with Crippen molar-refractivity contribution in [1.29, 1.82) is 0 Å². The summed E-state index contributed by atoms with van der Waals surface area (Å²) in [5.74, 6) is -0.347. The van der Waals surface area contributed by atoms with Crippen molar-refractivity contribution >= 4 is 17.3 Å². The third-order valence-corrected chi connectivity index (χ3v) is 3.12. The van der Waals surface area contributed by atoms with E-state index in [0.29, 0.717) is 5.56 Å². The molecule has 0 bridgehead atoms. The summed E-state index contributed by atoms with van der Waals surface area (Å²) in [6, 6.07) is 0. The number of methoxy groups -OCH3 is 1. The summed E-state index contributed by atoms with van der Waals surface area (Å²) < 4.78 is 4.60. The van der Waals surface area contributed by atoms with Crippen molar-refractivity contribution in [3.05, 3.63) is 21.4 Å². The van der Waals surface area contributed by atoms with Crippen molar-refractivity contribution < 1.29 is 14.6 Å². The van der Waals surface area contributed by atoms with E-state index in [0.717, 1.165) is 10.4 Å². The zero-order chi connectivity index (χ0) is 10.0. The van der Waals surface area contributed by atoms with Gasteiger partial charge in [-0.25, -0.2) is 4.79 Å². The normalized spacial score (nSPS) is 12.6. The van der Waals surface area contributed by atoms with Gasteiger partial charge in [0.05, 0.1) is 18.8 Å². The first-order chi connectivity index (χ1) is 6.07. The van der Waals surface area contributed by atoms with Crippen LogP contribution in [0.2, 0.25) is 0 Å². The molecule has 1 N–H and O–H groups in total. The maximum atomic E-state index is 11.2. The van der Waals surface area contributed by atoms with Crippen LogP contribution in [0.5, 0.6) is 0 Å². The minimum absolute atomic E-state index is 0.347. The molecule has 0 aliphatic rings. The number of aliphatic hydroxyl groups is 1. The number of carbonyl (C=O) groups excluding carboxylic acids is 1. The Balaban J connectivity index is 3.06. The molecule has 0 aliphatic heterocycles. The summed E-state index contributed by atoms with van der Waals surface area (Å²) in [5, 5.41) is 11.0.